The second kappa shape index (κ2) is 13.3. The first-order chi connectivity index (χ1) is 21.2. The van der Waals surface area contributed by atoms with Crippen molar-refractivity contribution >= 4 is 40.9 Å². The number of nitrogens with one attached hydrogen (secondary N) is 1. The van der Waals surface area contributed by atoms with Crippen molar-refractivity contribution in [2.24, 2.45) is 0 Å². The van der Waals surface area contributed by atoms with Gasteiger partial charge in [-0.25, -0.2) is 4.98 Å². The van der Waals surface area contributed by atoms with Crippen molar-refractivity contribution in [3.63, 3.8) is 0 Å². The molecule has 1 N–H and O–H groups in total. The molecule has 1 aliphatic heterocycles. The third-order valence-corrected chi connectivity index (χ3v) is 6.48. The van der Waals surface area contributed by atoms with Gasteiger partial charge in [-0.05, 0) is 17.7 Å². The summed E-state index contributed by atoms with van der Waals surface area (Å²) in [4.78, 5) is 62.1. The van der Waals surface area contributed by atoms with Gasteiger partial charge in [-0.1, -0.05) is 48.5 Å². The number of nitrogens with zero attached hydrogens (tertiary/aromatic N) is 4. The number of amides is 1. The average Bonchev–Trinajstić information content (AvgIpc) is 3.56. The smallest absolute Gasteiger partial charge is 0.303 e. The highest BCUT2D eigenvalue weighted by molar-refractivity contribution is 6.03. The van der Waals surface area contributed by atoms with Gasteiger partial charge in [0, 0.05) is 26.3 Å². The van der Waals surface area contributed by atoms with Crippen LogP contribution >= 0.6 is 0 Å². The Bertz CT molecular complexity index is 1660. The lowest BCUT2D eigenvalue weighted by Crippen LogP contribution is -2.40. The molecule has 44 heavy (non-hydrogen) atoms. The summed E-state index contributed by atoms with van der Waals surface area (Å²) in [5.74, 6) is -2.40. The van der Waals surface area contributed by atoms with Crippen LogP contribution in [0.25, 0.3) is 11.2 Å². The minimum Gasteiger partial charge on any atom is -0.471 e. The van der Waals surface area contributed by atoms with Gasteiger partial charge in [0.05, 0.1) is 6.33 Å². The number of ether oxygens (including phenoxy) is 5. The SMILES string of the molecule is CC(=O)OC[C@H]1O[C@@H](n2cnc3c(OCc4ccccc4)[15n]c(NC(=O)c4ccccc4)nc32)[C@H](OC(C)=O)[C@@H]1OC(C)=O. The van der Waals surface area contributed by atoms with Gasteiger partial charge >= 0.3 is 17.9 Å². The van der Waals surface area contributed by atoms with Crippen LogP contribution in [0.3, 0.4) is 0 Å². The Morgan fingerprint density at radius 2 is 1.52 bits per heavy atom. The van der Waals surface area contributed by atoms with E-state index in [4.69, 9.17) is 23.7 Å². The summed E-state index contributed by atoms with van der Waals surface area (Å²) in [6.45, 7) is 3.47. The standard InChI is InChI=1S/C30H29N5O9/c1-17(36)40-15-22-24(42-18(2)37)25(43-19(3)38)29(44-22)35-16-31-23-26(35)32-30(33-27(39)21-12-8-5-9-13-21)34-28(23)41-14-20-10-6-4-7-11-20/h4-13,16,22,24-25,29H,14-15H2,1-3H3,(H,32,33,34,39)/t22-,24-,25-,29-/m1/s1/i34+1. The number of benzene rings is 2. The first kappa shape index (κ1) is 30.1. The molecule has 2 aromatic carbocycles. The summed E-state index contributed by atoms with van der Waals surface area (Å²) in [7, 11) is 0. The maximum Gasteiger partial charge on any atom is 0.303 e. The Hall–Kier alpha value is -5.37. The molecule has 4 aromatic rings. The number of carbonyl (C=O) groups is 4. The number of rotatable bonds is 10. The third-order valence-electron chi connectivity index (χ3n) is 6.48. The zero-order chi connectivity index (χ0) is 31.2. The van der Waals surface area contributed by atoms with E-state index in [1.807, 2.05) is 30.3 Å². The Morgan fingerprint density at radius 1 is 0.864 bits per heavy atom. The fourth-order valence-electron chi connectivity index (χ4n) is 4.64. The molecule has 1 saturated heterocycles. The largest absolute Gasteiger partial charge is 0.471 e. The molecule has 0 aliphatic carbocycles. The van der Waals surface area contributed by atoms with Gasteiger partial charge in [0.15, 0.2) is 29.6 Å². The highest BCUT2D eigenvalue weighted by Crippen LogP contribution is 2.37. The van der Waals surface area contributed by atoms with E-state index < -0.39 is 48.4 Å². The first-order valence-corrected chi connectivity index (χ1v) is 13.6. The molecule has 0 spiro atoms. The highest BCUT2D eigenvalue weighted by atomic mass is 16.7. The molecule has 5 rings (SSSR count). The second-order valence-electron chi connectivity index (χ2n) is 9.79. The fourth-order valence-corrected chi connectivity index (χ4v) is 4.64. The number of esters is 3. The highest BCUT2D eigenvalue weighted by Gasteiger charge is 2.51. The molecule has 14 heteroatoms. The Labute approximate surface area is 251 Å². The van der Waals surface area contributed by atoms with Gasteiger partial charge < -0.3 is 23.7 Å². The normalized spacial score (nSPS) is 19.2. The summed E-state index contributed by atoms with van der Waals surface area (Å²) in [5.41, 5.74) is 1.61. The second-order valence-corrected chi connectivity index (χ2v) is 9.79. The first-order valence-electron chi connectivity index (χ1n) is 13.6. The number of anilines is 1. The van der Waals surface area contributed by atoms with Gasteiger partial charge in [0.25, 0.3) is 5.91 Å². The topological polar surface area (TPSA) is 170 Å². The molecular formula is C30H29N5O9. The van der Waals surface area contributed by atoms with Crippen LogP contribution in [0, 0.1) is 0 Å². The van der Waals surface area contributed by atoms with E-state index in [-0.39, 0.29) is 36.2 Å². The van der Waals surface area contributed by atoms with E-state index in [0.29, 0.717) is 5.56 Å². The molecule has 0 saturated carbocycles. The van der Waals surface area contributed by atoms with Crippen LogP contribution in [0.15, 0.2) is 67.0 Å². The van der Waals surface area contributed by atoms with Gasteiger partial charge in [0.2, 0.25) is 11.8 Å². The lowest BCUT2D eigenvalue weighted by atomic mass is 10.1. The van der Waals surface area contributed by atoms with E-state index in [0.717, 1.165) is 5.56 Å². The molecule has 0 unspecified atom stereocenters. The van der Waals surface area contributed by atoms with Crippen LogP contribution in [0.1, 0.15) is 42.9 Å². The Balaban J connectivity index is 1.56. The fraction of sp³-hybridized carbons (Fsp3) is 0.300. The molecule has 2 aromatic heterocycles. The number of imidazole rings is 1. The van der Waals surface area contributed by atoms with Crippen LogP contribution in [0.5, 0.6) is 5.88 Å². The number of fused-ring (bicyclic) bond motifs is 1. The maximum atomic E-state index is 13.0. The summed E-state index contributed by atoms with van der Waals surface area (Å²) in [5, 5.41) is 2.68. The molecule has 228 valence electrons. The van der Waals surface area contributed by atoms with Crippen LogP contribution in [-0.4, -0.2) is 68.3 Å². The molecule has 1 aliphatic rings. The van der Waals surface area contributed by atoms with E-state index in [1.165, 1.54) is 31.7 Å². The molecular weight excluding hydrogens is 575 g/mol. The number of hydrogen-bond donors (Lipinski definition) is 1. The summed E-state index contributed by atoms with van der Waals surface area (Å²) in [6, 6.07) is 17.9. The average molecular weight is 605 g/mol. The minimum absolute atomic E-state index is 0.0657. The van der Waals surface area contributed by atoms with Crippen LogP contribution in [-0.2, 0) is 39.9 Å². The van der Waals surface area contributed by atoms with E-state index >= 15 is 0 Å². The van der Waals surface area contributed by atoms with Crippen LogP contribution < -0.4 is 10.1 Å². The molecule has 0 bridgehead atoms. The lowest BCUT2D eigenvalue weighted by Gasteiger charge is -2.23. The predicted molar refractivity (Wildman–Crippen MR) is 152 cm³/mol. The van der Waals surface area contributed by atoms with Gasteiger partial charge in [0.1, 0.15) is 19.3 Å². The maximum absolute atomic E-state index is 13.0. The monoisotopic (exact) mass is 604 g/mol. The van der Waals surface area contributed by atoms with Crippen molar-refractivity contribution in [3.05, 3.63) is 78.1 Å². The summed E-state index contributed by atoms with van der Waals surface area (Å²) >= 11 is 0. The summed E-state index contributed by atoms with van der Waals surface area (Å²) < 4.78 is 29.8. The third kappa shape index (κ3) is 6.98. The minimum atomic E-state index is -1.18. The number of hydrogen-bond acceptors (Lipinski definition) is 12. The van der Waals surface area contributed by atoms with Crippen molar-refractivity contribution in [2.75, 3.05) is 11.9 Å². The molecule has 1 fully saturated rings. The predicted octanol–water partition coefficient (Wildman–Crippen LogP) is 2.98. The molecule has 14 nitrogen and oxygen atoms in total. The quantitative estimate of drug-likeness (QED) is 0.208. The van der Waals surface area contributed by atoms with Gasteiger partial charge in [-0.3, -0.25) is 29.1 Å². The van der Waals surface area contributed by atoms with Crippen molar-refractivity contribution < 1.29 is 42.9 Å². The van der Waals surface area contributed by atoms with Crippen LogP contribution in [0.2, 0.25) is 0 Å². The van der Waals surface area contributed by atoms with Crippen molar-refractivity contribution in [1.29, 1.82) is 0 Å². The molecule has 4 atom stereocenters. The number of carbonyl (C=O) groups excluding carboxylic acids is 4. The summed E-state index contributed by atoms with van der Waals surface area (Å²) in [6.07, 6.45) is -3.07. The van der Waals surface area contributed by atoms with Crippen molar-refractivity contribution in [2.45, 2.75) is 51.9 Å². The number of aromatic nitrogens is 4. The Morgan fingerprint density at radius 3 is 2.18 bits per heavy atom. The van der Waals surface area contributed by atoms with E-state index in [2.05, 4.69) is 20.3 Å². The zero-order valence-corrected chi connectivity index (χ0v) is 24.0. The Kier molecular flexibility index (Phi) is 9.09. The molecule has 3 heterocycles. The van der Waals surface area contributed by atoms with Crippen LogP contribution in [0.4, 0.5) is 5.95 Å². The van der Waals surface area contributed by atoms with E-state index in [1.54, 1.807) is 30.3 Å². The van der Waals surface area contributed by atoms with Gasteiger partial charge in [-0.2, -0.15) is 9.97 Å². The lowest BCUT2D eigenvalue weighted by molar-refractivity contribution is -0.166. The van der Waals surface area contributed by atoms with Gasteiger partial charge in [-0.15, -0.1) is 0 Å². The van der Waals surface area contributed by atoms with E-state index in [9.17, 15) is 19.2 Å². The van der Waals surface area contributed by atoms with Crippen molar-refractivity contribution in [1.82, 2.24) is 19.5 Å². The van der Waals surface area contributed by atoms with Crippen molar-refractivity contribution in [3.8, 4) is 5.88 Å². The molecule has 0 radical (unpaired) electrons. The molecule has 1 amide bonds. The zero-order valence-electron chi connectivity index (χ0n) is 24.0.